The summed E-state index contributed by atoms with van der Waals surface area (Å²) >= 11 is 1.51. The van der Waals surface area contributed by atoms with Gasteiger partial charge in [0.15, 0.2) is 11.0 Å². The fourth-order valence-corrected chi connectivity index (χ4v) is 3.72. The number of fused-ring (bicyclic) bond motifs is 1. The number of pyridine rings is 1. The van der Waals surface area contributed by atoms with E-state index in [1.54, 1.807) is 18.6 Å². The summed E-state index contributed by atoms with van der Waals surface area (Å²) in [5.41, 5.74) is 1.94. The first kappa shape index (κ1) is 17.3. The smallest absolute Gasteiger partial charge is 0.183 e. The summed E-state index contributed by atoms with van der Waals surface area (Å²) in [5, 5.41) is 7.12. The zero-order valence-electron chi connectivity index (χ0n) is 15.6. The SMILES string of the molecule is CNc1ncc(-c2nccc(Nc3cc4c(cn3)nc(C)n4C(C)C)n2)s1. The van der Waals surface area contributed by atoms with Crippen LogP contribution in [0.25, 0.3) is 21.7 Å². The summed E-state index contributed by atoms with van der Waals surface area (Å²) < 4.78 is 2.20. The highest BCUT2D eigenvalue weighted by atomic mass is 32.1. The van der Waals surface area contributed by atoms with E-state index in [1.807, 2.05) is 26.1 Å². The first-order valence-corrected chi connectivity index (χ1v) is 9.45. The lowest BCUT2D eigenvalue weighted by Crippen LogP contribution is -2.03. The Bertz CT molecular complexity index is 1100. The Kier molecular flexibility index (Phi) is 4.44. The van der Waals surface area contributed by atoms with Gasteiger partial charge in [-0.1, -0.05) is 11.3 Å². The van der Waals surface area contributed by atoms with E-state index in [2.05, 4.69) is 54.0 Å². The number of nitrogens with one attached hydrogen (secondary N) is 2. The van der Waals surface area contributed by atoms with E-state index in [4.69, 9.17) is 0 Å². The highest BCUT2D eigenvalue weighted by molar-refractivity contribution is 7.18. The number of aryl methyl sites for hydroxylation is 1. The van der Waals surface area contributed by atoms with Crippen LogP contribution in [0.5, 0.6) is 0 Å². The molecular weight excluding hydrogens is 360 g/mol. The number of hydrogen-bond donors (Lipinski definition) is 2. The molecule has 4 aromatic rings. The van der Waals surface area contributed by atoms with Crippen molar-refractivity contribution in [2.75, 3.05) is 17.7 Å². The van der Waals surface area contributed by atoms with Crippen molar-refractivity contribution in [2.24, 2.45) is 0 Å². The Labute approximate surface area is 160 Å². The molecule has 0 spiro atoms. The van der Waals surface area contributed by atoms with Gasteiger partial charge >= 0.3 is 0 Å². The van der Waals surface area contributed by atoms with E-state index in [1.165, 1.54) is 11.3 Å². The average Bonchev–Trinajstić information content (AvgIpc) is 3.25. The lowest BCUT2D eigenvalue weighted by molar-refractivity contribution is 0.600. The van der Waals surface area contributed by atoms with E-state index in [-0.39, 0.29) is 0 Å². The second kappa shape index (κ2) is 6.92. The predicted molar refractivity (Wildman–Crippen MR) is 109 cm³/mol. The zero-order valence-corrected chi connectivity index (χ0v) is 16.4. The van der Waals surface area contributed by atoms with Crippen molar-refractivity contribution in [3.05, 3.63) is 36.5 Å². The van der Waals surface area contributed by atoms with Crippen LogP contribution in [-0.4, -0.2) is 36.5 Å². The van der Waals surface area contributed by atoms with Crippen LogP contribution >= 0.6 is 11.3 Å². The van der Waals surface area contributed by atoms with Gasteiger partial charge in [0.25, 0.3) is 0 Å². The molecule has 4 aromatic heterocycles. The molecule has 0 saturated carbocycles. The Balaban J connectivity index is 1.66. The lowest BCUT2D eigenvalue weighted by atomic mass is 10.3. The molecule has 4 rings (SSSR count). The summed E-state index contributed by atoms with van der Waals surface area (Å²) in [6.45, 7) is 6.30. The number of hydrogen-bond acceptors (Lipinski definition) is 8. The Morgan fingerprint density at radius 1 is 1.07 bits per heavy atom. The molecule has 0 aliphatic carbocycles. The summed E-state index contributed by atoms with van der Waals surface area (Å²) in [6.07, 6.45) is 5.28. The maximum atomic E-state index is 4.59. The van der Waals surface area contributed by atoms with Crippen molar-refractivity contribution in [2.45, 2.75) is 26.8 Å². The van der Waals surface area contributed by atoms with E-state index in [9.17, 15) is 0 Å². The monoisotopic (exact) mass is 380 g/mol. The molecule has 8 nitrogen and oxygen atoms in total. The van der Waals surface area contributed by atoms with Crippen LogP contribution in [0.4, 0.5) is 16.8 Å². The van der Waals surface area contributed by atoms with Gasteiger partial charge in [-0.25, -0.2) is 24.9 Å². The number of aromatic nitrogens is 6. The third-order valence-electron chi connectivity index (χ3n) is 4.12. The summed E-state index contributed by atoms with van der Waals surface area (Å²) in [4.78, 5) is 23.2. The van der Waals surface area contributed by atoms with Crippen LogP contribution < -0.4 is 10.6 Å². The second-order valence-electron chi connectivity index (χ2n) is 6.35. The van der Waals surface area contributed by atoms with Gasteiger partial charge in [-0.3, -0.25) is 0 Å². The molecule has 9 heteroatoms. The van der Waals surface area contributed by atoms with Gasteiger partial charge in [-0.15, -0.1) is 0 Å². The van der Waals surface area contributed by atoms with Crippen molar-refractivity contribution in [3.63, 3.8) is 0 Å². The van der Waals surface area contributed by atoms with E-state index in [0.717, 1.165) is 26.9 Å². The van der Waals surface area contributed by atoms with Gasteiger partial charge in [0.05, 0.1) is 22.8 Å². The molecule has 0 saturated heterocycles. The Morgan fingerprint density at radius 3 is 2.67 bits per heavy atom. The standard InChI is InChI=1S/C18H20N8S/c1-10(2)26-11(3)23-12-8-21-16(7-13(12)26)24-15-5-6-20-17(25-15)14-9-22-18(19-4)27-14/h5-10H,1-4H3,(H,19,22)(H,20,21,24,25). The second-order valence-corrected chi connectivity index (χ2v) is 7.38. The van der Waals surface area contributed by atoms with Gasteiger partial charge in [0.2, 0.25) is 0 Å². The van der Waals surface area contributed by atoms with Crippen molar-refractivity contribution >= 4 is 39.1 Å². The van der Waals surface area contributed by atoms with Crippen molar-refractivity contribution < 1.29 is 0 Å². The van der Waals surface area contributed by atoms with Crippen molar-refractivity contribution in [1.29, 1.82) is 0 Å². The minimum absolute atomic E-state index is 0.323. The molecule has 0 aromatic carbocycles. The van der Waals surface area contributed by atoms with Crippen LogP contribution in [0.3, 0.4) is 0 Å². The number of anilines is 3. The molecule has 0 radical (unpaired) electrons. The Morgan fingerprint density at radius 2 is 1.93 bits per heavy atom. The van der Waals surface area contributed by atoms with Crippen molar-refractivity contribution in [1.82, 2.24) is 29.5 Å². The maximum absolute atomic E-state index is 4.59. The number of rotatable bonds is 5. The van der Waals surface area contributed by atoms with Gasteiger partial charge in [-0.2, -0.15) is 0 Å². The number of imidazole rings is 1. The number of thiazole rings is 1. The largest absolute Gasteiger partial charge is 0.365 e. The van der Waals surface area contributed by atoms with Crippen LogP contribution in [0.15, 0.2) is 30.7 Å². The molecule has 27 heavy (non-hydrogen) atoms. The predicted octanol–water partition coefficient (Wildman–Crippen LogP) is 4.02. The molecule has 2 N–H and O–H groups in total. The Hall–Kier alpha value is -3.07. The lowest BCUT2D eigenvalue weighted by Gasteiger charge is -2.11. The minimum Gasteiger partial charge on any atom is -0.365 e. The summed E-state index contributed by atoms with van der Waals surface area (Å²) in [7, 11) is 1.84. The fraction of sp³-hybridized carbons (Fsp3) is 0.278. The molecule has 138 valence electrons. The average molecular weight is 380 g/mol. The van der Waals surface area contributed by atoms with E-state index >= 15 is 0 Å². The van der Waals surface area contributed by atoms with Gasteiger partial charge < -0.3 is 15.2 Å². The molecule has 0 amide bonds. The molecule has 0 unspecified atom stereocenters. The quantitative estimate of drug-likeness (QED) is 0.540. The third-order valence-corrected chi connectivity index (χ3v) is 5.13. The van der Waals surface area contributed by atoms with Gasteiger partial charge in [-0.05, 0) is 26.8 Å². The zero-order chi connectivity index (χ0) is 19.0. The normalized spacial score (nSPS) is 11.3. The molecular formula is C18H20N8S. The van der Waals surface area contributed by atoms with E-state index in [0.29, 0.717) is 23.5 Å². The molecule has 4 heterocycles. The third kappa shape index (κ3) is 3.33. The molecule has 0 fully saturated rings. The van der Waals surface area contributed by atoms with Gasteiger partial charge in [0, 0.05) is 25.4 Å². The summed E-state index contributed by atoms with van der Waals surface area (Å²) in [5.74, 6) is 3.00. The molecule has 0 aliphatic rings. The first-order chi connectivity index (χ1) is 13.0. The van der Waals surface area contributed by atoms with Crippen molar-refractivity contribution in [3.8, 4) is 10.7 Å². The van der Waals surface area contributed by atoms with Crippen LogP contribution in [0, 0.1) is 6.92 Å². The molecule has 0 atom stereocenters. The number of nitrogens with zero attached hydrogens (tertiary/aromatic N) is 6. The van der Waals surface area contributed by atoms with Crippen LogP contribution in [-0.2, 0) is 0 Å². The molecule has 0 aliphatic heterocycles. The maximum Gasteiger partial charge on any atom is 0.183 e. The van der Waals surface area contributed by atoms with Gasteiger partial charge in [0.1, 0.15) is 23.0 Å². The fourth-order valence-electron chi connectivity index (χ4n) is 3.01. The topological polar surface area (TPSA) is 93.4 Å². The minimum atomic E-state index is 0.323. The molecule has 0 bridgehead atoms. The van der Waals surface area contributed by atoms with Crippen LogP contribution in [0.1, 0.15) is 25.7 Å². The first-order valence-electron chi connectivity index (χ1n) is 8.63. The highest BCUT2D eigenvalue weighted by Gasteiger charge is 2.12. The van der Waals surface area contributed by atoms with Crippen LogP contribution in [0.2, 0.25) is 0 Å². The summed E-state index contributed by atoms with van der Waals surface area (Å²) in [6, 6.07) is 4.15. The highest BCUT2D eigenvalue weighted by Crippen LogP contribution is 2.27. The van der Waals surface area contributed by atoms with E-state index < -0.39 is 0 Å².